The third kappa shape index (κ3) is 4.15. The monoisotopic (exact) mass is 295 g/mol. The molecule has 0 saturated carbocycles. The van der Waals surface area contributed by atoms with Gasteiger partial charge in [0.25, 0.3) is 5.91 Å². The van der Waals surface area contributed by atoms with E-state index in [0.29, 0.717) is 24.4 Å². The van der Waals surface area contributed by atoms with Crippen molar-refractivity contribution >= 4 is 5.91 Å². The smallest absolute Gasteiger partial charge is 0.260 e. The van der Waals surface area contributed by atoms with E-state index in [0.717, 1.165) is 13.1 Å². The van der Waals surface area contributed by atoms with Gasteiger partial charge in [0.15, 0.2) is 6.61 Å². The number of halogens is 1. The number of likely N-dealkylation sites (N-methyl/N-ethyl adjacent to an activating group) is 1. The van der Waals surface area contributed by atoms with Gasteiger partial charge in [0.2, 0.25) is 0 Å². The van der Waals surface area contributed by atoms with Gasteiger partial charge in [0, 0.05) is 37.8 Å². The maximum absolute atomic E-state index is 13.2. The second-order valence-corrected chi connectivity index (χ2v) is 5.44. The minimum atomic E-state index is -0.361. The van der Waals surface area contributed by atoms with Crippen molar-refractivity contribution in [1.82, 2.24) is 9.80 Å². The molecule has 0 aliphatic carbocycles. The number of rotatable bonds is 4. The third-order valence-electron chi connectivity index (χ3n) is 3.67. The highest BCUT2D eigenvalue weighted by molar-refractivity contribution is 5.78. The first kappa shape index (κ1) is 15.7. The van der Waals surface area contributed by atoms with Crippen molar-refractivity contribution < 1.29 is 13.9 Å². The number of benzene rings is 1. The van der Waals surface area contributed by atoms with Gasteiger partial charge in [-0.1, -0.05) is 0 Å². The van der Waals surface area contributed by atoms with E-state index in [1.165, 1.54) is 18.2 Å². The SMILES string of the molecule is C[C@@H](N)c1cc(F)ccc1OCC(=O)N1CCN(C)CC1. The second kappa shape index (κ2) is 6.87. The summed E-state index contributed by atoms with van der Waals surface area (Å²) >= 11 is 0. The Morgan fingerprint density at radius 3 is 2.67 bits per heavy atom. The lowest BCUT2D eigenvalue weighted by atomic mass is 10.1. The van der Waals surface area contributed by atoms with Crippen molar-refractivity contribution in [2.45, 2.75) is 13.0 Å². The maximum atomic E-state index is 13.2. The van der Waals surface area contributed by atoms with Crippen molar-refractivity contribution in [3.05, 3.63) is 29.6 Å². The van der Waals surface area contributed by atoms with Crippen molar-refractivity contribution in [3.8, 4) is 5.75 Å². The summed E-state index contributed by atoms with van der Waals surface area (Å²) in [7, 11) is 2.03. The molecule has 1 aromatic carbocycles. The molecule has 1 aliphatic heterocycles. The highest BCUT2D eigenvalue weighted by Gasteiger charge is 2.20. The van der Waals surface area contributed by atoms with E-state index in [9.17, 15) is 9.18 Å². The average molecular weight is 295 g/mol. The Hall–Kier alpha value is -1.66. The number of piperazine rings is 1. The van der Waals surface area contributed by atoms with Crippen LogP contribution in [0, 0.1) is 5.82 Å². The number of hydrogen-bond donors (Lipinski definition) is 1. The zero-order valence-corrected chi connectivity index (χ0v) is 12.5. The molecule has 6 heteroatoms. The lowest BCUT2D eigenvalue weighted by Gasteiger charge is -2.32. The molecule has 0 spiro atoms. The summed E-state index contributed by atoms with van der Waals surface area (Å²) in [4.78, 5) is 16.1. The summed E-state index contributed by atoms with van der Waals surface area (Å²) in [6.07, 6.45) is 0. The Labute approximate surface area is 124 Å². The van der Waals surface area contributed by atoms with E-state index < -0.39 is 0 Å². The maximum Gasteiger partial charge on any atom is 0.260 e. The fraction of sp³-hybridized carbons (Fsp3) is 0.533. The standard InChI is InChI=1S/C15H22FN3O2/c1-11(17)13-9-12(16)3-4-14(13)21-10-15(20)19-7-5-18(2)6-8-19/h3-4,9,11H,5-8,10,17H2,1-2H3/t11-/m1/s1. The van der Waals surface area contributed by atoms with Gasteiger partial charge >= 0.3 is 0 Å². The molecule has 116 valence electrons. The molecule has 1 aliphatic rings. The zero-order chi connectivity index (χ0) is 15.4. The molecule has 1 heterocycles. The Morgan fingerprint density at radius 2 is 2.05 bits per heavy atom. The Morgan fingerprint density at radius 1 is 1.38 bits per heavy atom. The van der Waals surface area contributed by atoms with Crippen LogP contribution in [0.3, 0.4) is 0 Å². The summed E-state index contributed by atoms with van der Waals surface area (Å²) in [5.41, 5.74) is 6.37. The molecule has 0 aromatic heterocycles. The second-order valence-electron chi connectivity index (χ2n) is 5.44. The lowest BCUT2D eigenvalue weighted by Crippen LogP contribution is -2.48. The number of ether oxygens (including phenoxy) is 1. The molecule has 1 atom stereocenters. The summed E-state index contributed by atoms with van der Waals surface area (Å²) in [6, 6.07) is 3.82. The minimum absolute atomic E-state index is 0.0466. The number of nitrogens with two attached hydrogens (primary N) is 1. The fourth-order valence-corrected chi connectivity index (χ4v) is 2.29. The van der Waals surface area contributed by atoms with Gasteiger partial charge in [-0.3, -0.25) is 4.79 Å². The molecule has 5 nitrogen and oxygen atoms in total. The van der Waals surface area contributed by atoms with Crippen molar-refractivity contribution in [2.24, 2.45) is 5.73 Å². The van der Waals surface area contributed by atoms with E-state index in [1.807, 2.05) is 7.05 Å². The van der Waals surface area contributed by atoms with Crippen molar-refractivity contribution in [1.29, 1.82) is 0 Å². The molecule has 0 radical (unpaired) electrons. The summed E-state index contributed by atoms with van der Waals surface area (Å²) < 4.78 is 18.8. The summed E-state index contributed by atoms with van der Waals surface area (Å²) in [5, 5.41) is 0. The van der Waals surface area contributed by atoms with E-state index >= 15 is 0 Å². The number of amides is 1. The van der Waals surface area contributed by atoms with E-state index in [1.54, 1.807) is 11.8 Å². The van der Waals surface area contributed by atoms with Crippen molar-refractivity contribution in [2.75, 3.05) is 39.8 Å². The van der Waals surface area contributed by atoms with Gasteiger partial charge in [-0.15, -0.1) is 0 Å². The van der Waals surface area contributed by atoms with Crippen LogP contribution >= 0.6 is 0 Å². The molecule has 2 N–H and O–H groups in total. The predicted molar refractivity (Wildman–Crippen MR) is 78.6 cm³/mol. The molecule has 1 aromatic rings. The first-order valence-corrected chi connectivity index (χ1v) is 7.11. The van der Waals surface area contributed by atoms with Crippen LogP contribution in [0.1, 0.15) is 18.5 Å². The molecule has 0 bridgehead atoms. The Kier molecular flexibility index (Phi) is 5.14. The number of nitrogens with zero attached hydrogens (tertiary/aromatic N) is 2. The van der Waals surface area contributed by atoms with Gasteiger partial charge in [0.1, 0.15) is 11.6 Å². The van der Waals surface area contributed by atoms with Gasteiger partial charge in [0.05, 0.1) is 0 Å². The molecule has 1 saturated heterocycles. The minimum Gasteiger partial charge on any atom is -0.483 e. The van der Waals surface area contributed by atoms with E-state index in [4.69, 9.17) is 10.5 Å². The lowest BCUT2D eigenvalue weighted by molar-refractivity contribution is -0.134. The molecule has 1 fully saturated rings. The summed E-state index contributed by atoms with van der Waals surface area (Å²) in [6.45, 7) is 4.87. The number of carbonyl (C=O) groups is 1. The van der Waals surface area contributed by atoms with Crippen LogP contribution in [-0.4, -0.2) is 55.5 Å². The molecule has 21 heavy (non-hydrogen) atoms. The first-order valence-electron chi connectivity index (χ1n) is 7.11. The van der Waals surface area contributed by atoms with Crippen LogP contribution < -0.4 is 10.5 Å². The van der Waals surface area contributed by atoms with Crippen LogP contribution in [0.15, 0.2) is 18.2 Å². The average Bonchev–Trinajstić information content (AvgIpc) is 2.46. The van der Waals surface area contributed by atoms with Crippen LogP contribution in [0.25, 0.3) is 0 Å². The first-order chi connectivity index (χ1) is 9.97. The summed E-state index contributed by atoms with van der Waals surface area (Å²) in [5.74, 6) is 0.0528. The molecule has 1 amide bonds. The topological polar surface area (TPSA) is 58.8 Å². The van der Waals surface area contributed by atoms with Crippen LogP contribution in [0.4, 0.5) is 4.39 Å². The third-order valence-corrected chi connectivity index (χ3v) is 3.67. The molecule has 0 unspecified atom stereocenters. The van der Waals surface area contributed by atoms with Gasteiger partial charge in [-0.25, -0.2) is 4.39 Å². The molecular weight excluding hydrogens is 273 g/mol. The number of carbonyl (C=O) groups excluding carboxylic acids is 1. The molecule has 2 rings (SSSR count). The Balaban J connectivity index is 1.95. The van der Waals surface area contributed by atoms with Crippen LogP contribution in [0.2, 0.25) is 0 Å². The molecular formula is C15H22FN3O2. The zero-order valence-electron chi connectivity index (χ0n) is 12.5. The van der Waals surface area contributed by atoms with Crippen LogP contribution in [-0.2, 0) is 4.79 Å². The van der Waals surface area contributed by atoms with E-state index in [-0.39, 0.29) is 24.4 Å². The number of hydrogen-bond acceptors (Lipinski definition) is 4. The largest absolute Gasteiger partial charge is 0.483 e. The highest BCUT2D eigenvalue weighted by Crippen LogP contribution is 2.24. The van der Waals surface area contributed by atoms with Gasteiger partial charge in [-0.05, 0) is 32.2 Å². The predicted octanol–water partition coefficient (Wildman–Crippen LogP) is 0.998. The Bertz CT molecular complexity index is 500. The highest BCUT2D eigenvalue weighted by atomic mass is 19.1. The van der Waals surface area contributed by atoms with Crippen LogP contribution in [0.5, 0.6) is 5.75 Å². The quantitative estimate of drug-likeness (QED) is 0.900. The van der Waals surface area contributed by atoms with E-state index in [2.05, 4.69) is 4.90 Å². The van der Waals surface area contributed by atoms with Crippen molar-refractivity contribution in [3.63, 3.8) is 0 Å². The van der Waals surface area contributed by atoms with Gasteiger partial charge in [-0.2, -0.15) is 0 Å². The fourth-order valence-electron chi connectivity index (χ4n) is 2.29. The normalized spacial score (nSPS) is 17.6. The van der Waals surface area contributed by atoms with Gasteiger partial charge < -0.3 is 20.3 Å².